The Morgan fingerprint density at radius 2 is 2.07 bits per heavy atom. The highest BCUT2D eigenvalue weighted by Gasteiger charge is 2.49. The number of carbonyl (C=O) groups excluding carboxylic acids is 1. The minimum absolute atomic E-state index is 0.0573. The second-order valence-electron chi connectivity index (χ2n) is 7.42. The number of ether oxygens (including phenoxy) is 1. The summed E-state index contributed by atoms with van der Waals surface area (Å²) in [5, 5.41) is 4.33. The molecule has 4 rings (SSSR count). The van der Waals surface area contributed by atoms with E-state index in [9.17, 15) is 18.0 Å². The fourth-order valence-corrected chi connectivity index (χ4v) is 4.00. The van der Waals surface area contributed by atoms with Gasteiger partial charge in [0.15, 0.2) is 0 Å². The molecule has 1 fully saturated rings. The number of rotatable bonds is 5. The number of amides is 1. The minimum Gasteiger partial charge on any atom is -0.487 e. The molecule has 2 aliphatic heterocycles. The number of likely N-dealkylation sites (tertiary alicyclic amines) is 1. The molecule has 1 atom stereocenters. The molecule has 0 N–H and O–H groups in total. The predicted molar refractivity (Wildman–Crippen MR) is 99.5 cm³/mol. The van der Waals surface area contributed by atoms with Crippen LogP contribution in [-0.2, 0) is 13.2 Å². The first-order chi connectivity index (χ1) is 13.9. The molecule has 6 nitrogen and oxygen atoms in total. The number of carbonyl (C=O) groups is 1. The molecule has 29 heavy (non-hydrogen) atoms. The summed E-state index contributed by atoms with van der Waals surface area (Å²) in [7, 11) is 0. The highest BCUT2D eigenvalue weighted by Crippen LogP contribution is 2.33. The summed E-state index contributed by atoms with van der Waals surface area (Å²) in [4.78, 5) is 15.9. The first-order valence-electron chi connectivity index (χ1n) is 9.73. The number of fused-ring (bicyclic) bond motifs is 1. The van der Waals surface area contributed by atoms with Crippen LogP contribution in [0.3, 0.4) is 0 Å². The van der Waals surface area contributed by atoms with Gasteiger partial charge in [0, 0.05) is 19.2 Å². The molecule has 2 aliphatic rings. The molecule has 1 saturated heterocycles. The summed E-state index contributed by atoms with van der Waals surface area (Å²) in [6.07, 6.45) is 0.246. The average molecular weight is 408 g/mol. The van der Waals surface area contributed by atoms with Crippen molar-refractivity contribution >= 4 is 5.91 Å². The molecule has 0 spiro atoms. The standard InChI is InChI=1S/C20H23F3N4O2/c1-2-25-7-6-18(20(22,23)13-25)26-8-9-27-17(19(26)28)11-15(24-27)12-29-16-5-3-4-14(21)10-16/h3-5,10-11,18H,2,6-9,12-13H2,1H3. The number of piperidine rings is 1. The Hall–Kier alpha value is -2.55. The normalized spacial score (nSPS) is 21.9. The maximum absolute atomic E-state index is 14.7. The molecule has 1 amide bonds. The van der Waals surface area contributed by atoms with Crippen molar-refractivity contribution in [1.29, 1.82) is 0 Å². The summed E-state index contributed by atoms with van der Waals surface area (Å²) in [6, 6.07) is 6.19. The Kier molecular flexibility index (Phi) is 5.24. The van der Waals surface area contributed by atoms with Crippen LogP contribution in [0.5, 0.6) is 5.75 Å². The van der Waals surface area contributed by atoms with E-state index < -0.39 is 23.7 Å². The average Bonchev–Trinajstić information content (AvgIpc) is 3.11. The van der Waals surface area contributed by atoms with Crippen molar-refractivity contribution < 1.29 is 22.7 Å². The summed E-state index contributed by atoms with van der Waals surface area (Å²) in [5.41, 5.74) is 0.773. The van der Waals surface area contributed by atoms with E-state index in [1.54, 1.807) is 17.0 Å². The third-order valence-electron chi connectivity index (χ3n) is 5.51. The molecule has 1 unspecified atom stereocenters. The van der Waals surface area contributed by atoms with Crippen LogP contribution in [0.2, 0.25) is 0 Å². The van der Waals surface area contributed by atoms with Crippen LogP contribution in [0.1, 0.15) is 29.5 Å². The van der Waals surface area contributed by atoms with Crippen molar-refractivity contribution in [2.45, 2.75) is 38.5 Å². The Balaban J connectivity index is 1.47. The van der Waals surface area contributed by atoms with Crippen molar-refractivity contribution in [3.05, 3.63) is 47.5 Å². The van der Waals surface area contributed by atoms with E-state index >= 15 is 0 Å². The first kappa shape index (κ1) is 19.8. The van der Waals surface area contributed by atoms with E-state index in [1.807, 2.05) is 6.92 Å². The van der Waals surface area contributed by atoms with Gasteiger partial charge in [0.1, 0.15) is 29.6 Å². The molecule has 1 aromatic heterocycles. The van der Waals surface area contributed by atoms with Crippen molar-refractivity contribution in [2.75, 3.05) is 26.2 Å². The topological polar surface area (TPSA) is 50.6 Å². The van der Waals surface area contributed by atoms with Gasteiger partial charge in [-0.1, -0.05) is 13.0 Å². The molecular formula is C20H23F3N4O2. The van der Waals surface area contributed by atoms with Crippen LogP contribution >= 0.6 is 0 Å². The Morgan fingerprint density at radius 1 is 1.24 bits per heavy atom. The zero-order valence-corrected chi connectivity index (χ0v) is 16.2. The maximum atomic E-state index is 14.7. The zero-order chi connectivity index (χ0) is 20.6. The Labute approximate surface area is 166 Å². The number of benzene rings is 1. The quantitative estimate of drug-likeness (QED) is 0.764. The molecule has 0 aliphatic carbocycles. The molecule has 0 bridgehead atoms. The van der Waals surface area contributed by atoms with E-state index in [4.69, 9.17) is 4.74 Å². The second-order valence-corrected chi connectivity index (χ2v) is 7.42. The van der Waals surface area contributed by atoms with Gasteiger partial charge >= 0.3 is 0 Å². The molecule has 0 radical (unpaired) electrons. The highest BCUT2D eigenvalue weighted by molar-refractivity contribution is 5.93. The van der Waals surface area contributed by atoms with Crippen molar-refractivity contribution in [2.24, 2.45) is 0 Å². The van der Waals surface area contributed by atoms with Gasteiger partial charge in [0.25, 0.3) is 11.8 Å². The molecule has 156 valence electrons. The van der Waals surface area contributed by atoms with Crippen molar-refractivity contribution in [3.8, 4) is 5.75 Å². The Bertz CT molecular complexity index is 902. The lowest BCUT2D eigenvalue weighted by molar-refractivity contribution is -0.119. The third-order valence-corrected chi connectivity index (χ3v) is 5.51. The Morgan fingerprint density at radius 3 is 2.79 bits per heavy atom. The fraction of sp³-hybridized carbons (Fsp3) is 0.500. The second kappa shape index (κ2) is 7.70. The van der Waals surface area contributed by atoms with Crippen LogP contribution in [0.25, 0.3) is 0 Å². The summed E-state index contributed by atoms with van der Waals surface area (Å²) < 4.78 is 49.7. The molecule has 0 saturated carbocycles. The number of aromatic nitrogens is 2. The van der Waals surface area contributed by atoms with Crippen molar-refractivity contribution in [3.63, 3.8) is 0 Å². The maximum Gasteiger partial charge on any atom is 0.280 e. The number of nitrogens with zero attached hydrogens (tertiary/aromatic N) is 4. The molecule has 9 heteroatoms. The van der Waals surface area contributed by atoms with Gasteiger partial charge in [-0.2, -0.15) is 5.10 Å². The molecular weight excluding hydrogens is 385 g/mol. The SMILES string of the molecule is CCN1CCC(N2CCn3nc(COc4cccc(F)c4)cc3C2=O)C(F)(F)C1. The van der Waals surface area contributed by atoms with Gasteiger partial charge in [-0.25, -0.2) is 13.2 Å². The number of alkyl halides is 2. The van der Waals surface area contributed by atoms with Gasteiger partial charge in [0.05, 0.1) is 19.1 Å². The van der Waals surface area contributed by atoms with E-state index in [-0.39, 0.29) is 31.8 Å². The van der Waals surface area contributed by atoms with E-state index in [2.05, 4.69) is 5.10 Å². The summed E-state index contributed by atoms with van der Waals surface area (Å²) >= 11 is 0. The van der Waals surface area contributed by atoms with Gasteiger partial charge < -0.3 is 9.64 Å². The van der Waals surface area contributed by atoms with Gasteiger partial charge in [-0.15, -0.1) is 0 Å². The highest BCUT2D eigenvalue weighted by atomic mass is 19.3. The van der Waals surface area contributed by atoms with Crippen LogP contribution < -0.4 is 4.74 Å². The molecule has 2 aromatic rings. The predicted octanol–water partition coefficient (Wildman–Crippen LogP) is 2.79. The van der Waals surface area contributed by atoms with Crippen LogP contribution in [-0.4, -0.2) is 63.6 Å². The van der Waals surface area contributed by atoms with Gasteiger partial charge in [-0.05, 0) is 31.2 Å². The number of hydrogen-bond donors (Lipinski definition) is 0. The lowest BCUT2D eigenvalue weighted by Gasteiger charge is -2.44. The minimum atomic E-state index is -2.95. The van der Waals surface area contributed by atoms with Gasteiger partial charge in [-0.3, -0.25) is 14.4 Å². The van der Waals surface area contributed by atoms with Crippen LogP contribution in [0, 0.1) is 5.82 Å². The number of halogens is 3. The van der Waals surface area contributed by atoms with E-state index in [1.165, 1.54) is 27.8 Å². The fourth-order valence-electron chi connectivity index (χ4n) is 4.00. The lowest BCUT2D eigenvalue weighted by atomic mass is 9.98. The van der Waals surface area contributed by atoms with Crippen LogP contribution in [0.15, 0.2) is 30.3 Å². The largest absolute Gasteiger partial charge is 0.487 e. The van der Waals surface area contributed by atoms with Crippen molar-refractivity contribution in [1.82, 2.24) is 19.6 Å². The number of hydrogen-bond acceptors (Lipinski definition) is 4. The third kappa shape index (κ3) is 3.96. The van der Waals surface area contributed by atoms with E-state index in [0.717, 1.165) is 0 Å². The zero-order valence-electron chi connectivity index (χ0n) is 16.2. The smallest absolute Gasteiger partial charge is 0.280 e. The van der Waals surface area contributed by atoms with Gasteiger partial charge in [0.2, 0.25) is 0 Å². The van der Waals surface area contributed by atoms with Crippen LogP contribution in [0.4, 0.5) is 13.2 Å². The van der Waals surface area contributed by atoms with E-state index in [0.29, 0.717) is 31.1 Å². The summed E-state index contributed by atoms with van der Waals surface area (Å²) in [6.45, 7) is 3.25. The molecule has 3 heterocycles. The monoisotopic (exact) mass is 408 g/mol. The lowest BCUT2D eigenvalue weighted by Crippen LogP contribution is -2.61. The molecule has 1 aromatic carbocycles. The first-order valence-corrected chi connectivity index (χ1v) is 9.73. The summed E-state index contributed by atoms with van der Waals surface area (Å²) in [5.74, 6) is -3.44.